The second-order valence-electron chi connectivity index (χ2n) is 9.98. The first kappa shape index (κ1) is 34.6. The van der Waals surface area contributed by atoms with Crippen molar-refractivity contribution in [3.05, 3.63) is 11.1 Å². The van der Waals surface area contributed by atoms with Gasteiger partial charge in [-0.2, -0.15) is 0 Å². The summed E-state index contributed by atoms with van der Waals surface area (Å²) in [5.41, 5.74) is -0.133. The van der Waals surface area contributed by atoms with Crippen molar-refractivity contribution in [2.24, 2.45) is 11.8 Å². The molecule has 0 rings (SSSR count). The van der Waals surface area contributed by atoms with Crippen LogP contribution in [0.5, 0.6) is 0 Å². The van der Waals surface area contributed by atoms with Crippen molar-refractivity contribution in [2.45, 2.75) is 140 Å². The molecule has 0 aromatic rings. The number of carbonyl (C=O) groups excluding carboxylic acids is 2. The van der Waals surface area contributed by atoms with Crippen molar-refractivity contribution in [1.82, 2.24) is 0 Å². The van der Waals surface area contributed by atoms with Gasteiger partial charge in [0.2, 0.25) is 0 Å². The molecule has 0 bridgehead atoms. The Hall–Kier alpha value is -0.521. The number of aliphatic carboxylic acids is 2. The molecule has 0 atom stereocenters. The molecule has 0 aliphatic rings. The third-order valence-electron chi connectivity index (χ3n) is 5.69. The minimum atomic E-state index is -1.36. The molecule has 0 spiro atoms. The summed E-state index contributed by atoms with van der Waals surface area (Å²) in [7, 11) is 0. The Morgan fingerprint density at radius 1 is 0.606 bits per heavy atom. The SMILES string of the molecule is CC(C)CCCCC/C(C(=O)[O-])=C(\CCCCCC(C)C)C(=O)[O-].CCC[CH2][Sn+2][CH2]CCC. The number of carboxylic acids is 2. The van der Waals surface area contributed by atoms with Crippen molar-refractivity contribution in [2.75, 3.05) is 0 Å². The fourth-order valence-corrected chi connectivity index (χ4v) is 7.70. The van der Waals surface area contributed by atoms with E-state index in [1.807, 2.05) is 0 Å². The predicted molar refractivity (Wildman–Crippen MR) is 138 cm³/mol. The third-order valence-corrected chi connectivity index (χ3v) is 9.72. The second-order valence-corrected chi connectivity index (χ2v) is 14.3. The van der Waals surface area contributed by atoms with Crippen LogP contribution in [0.25, 0.3) is 0 Å². The number of unbranched alkanes of at least 4 members (excludes halogenated alkanes) is 6. The molecule has 33 heavy (non-hydrogen) atoms. The van der Waals surface area contributed by atoms with Crippen LogP contribution in [0.3, 0.4) is 0 Å². The van der Waals surface area contributed by atoms with E-state index >= 15 is 0 Å². The molecule has 0 N–H and O–H groups in total. The van der Waals surface area contributed by atoms with E-state index in [1.165, 1.54) is 25.7 Å². The fraction of sp³-hybridized carbons (Fsp3) is 0.857. The van der Waals surface area contributed by atoms with Crippen molar-refractivity contribution >= 4 is 33.1 Å². The number of carboxylic acid groups (broad SMARTS) is 2. The Labute approximate surface area is 215 Å². The summed E-state index contributed by atoms with van der Waals surface area (Å²) in [5, 5.41) is 22.7. The van der Waals surface area contributed by atoms with Crippen LogP contribution in [0.1, 0.15) is 131 Å². The van der Waals surface area contributed by atoms with Crippen molar-refractivity contribution in [3.8, 4) is 0 Å². The maximum absolute atomic E-state index is 11.3. The first-order chi connectivity index (χ1) is 15.7. The Kier molecular flexibility index (Phi) is 25.8. The molecule has 0 radical (unpaired) electrons. The summed E-state index contributed by atoms with van der Waals surface area (Å²) >= 11 is 0.149. The van der Waals surface area contributed by atoms with Crippen LogP contribution in [0.4, 0.5) is 0 Å². The number of rotatable bonds is 20. The standard InChI is InChI=1S/C20H36O4.2C4H9.Sn/c1-15(2)11-7-5-9-13-17(19(21)22)18(20(23)24)14-10-6-8-12-16(3)4;2*1-3-4-2;/h15-16H,5-14H2,1-4H3,(H,21,22)(H,23,24);2*1,3-4H2,2H3;/q;;;+2/p-2/b18-17-;;;. The summed E-state index contributed by atoms with van der Waals surface area (Å²) in [5.74, 6) is -1.46. The van der Waals surface area contributed by atoms with Gasteiger partial charge in [0, 0.05) is 0 Å². The van der Waals surface area contributed by atoms with Gasteiger partial charge in [0.1, 0.15) is 0 Å². The van der Waals surface area contributed by atoms with Gasteiger partial charge < -0.3 is 19.8 Å². The van der Waals surface area contributed by atoms with E-state index in [0.717, 1.165) is 38.5 Å². The quantitative estimate of drug-likeness (QED) is 0.100. The average molecular weight is 571 g/mol. The van der Waals surface area contributed by atoms with Crippen LogP contribution in [0, 0.1) is 11.8 Å². The average Bonchev–Trinajstić information content (AvgIpc) is 2.73. The summed E-state index contributed by atoms with van der Waals surface area (Å²) in [4.78, 5) is 22.7. The fourth-order valence-electron chi connectivity index (χ4n) is 3.54. The Morgan fingerprint density at radius 2 is 0.970 bits per heavy atom. The van der Waals surface area contributed by atoms with E-state index in [-0.39, 0.29) is 45.1 Å². The van der Waals surface area contributed by atoms with Gasteiger partial charge in [0.25, 0.3) is 0 Å². The minimum absolute atomic E-state index is 0.0663. The van der Waals surface area contributed by atoms with Crippen molar-refractivity contribution in [1.29, 1.82) is 0 Å². The Bertz CT molecular complexity index is 468. The van der Waals surface area contributed by atoms with Crippen LogP contribution >= 0.6 is 0 Å². The summed E-state index contributed by atoms with van der Waals surface area (Å²) < 4.78 is 3.25. The molecular weight excluding hydrogens is 519 g/mol. The van der Waals surface area contributed by atoms with E-state index in [9.17, 15) is 19.8 Å². The molecule has 5 heteroatoms. The van der Waals surface area contributed by atoms with Gasteiger partial charge >= 0.3 is 69.5 Å². The summed E-state index contributed by atoms with van der Waals surface area (Å²) in [6.45, 7) is 13.2. The molecule has 0 aliphatic carbocycles. The molecular formula is C28H52O4Sn. The number of hydrogen-bond acceptors (Lipinski definition) is 4. The van der Waals surface area contributed by atoms with E-state index in [2.05, 4.69) is 41.5 Å². The summed E-state index contributed by atoms with van der Waals surface area (Å²) in [6, 6.07) is 0. The summed E-state index contributed by atoms with van der Waals surface area (Å²) in [6.07, 6.45) is 13.8. The topological polar surface area (TPSA) is 80.3 Å². The molecule has 0 aromatic heterocycles. The van der Waals surface area contributed by atoms with Gasteiger partial charge in [0.05, 0.1) is 11.9 Å². The van der Waals surface area contributed by atoms with Gasteiger partial charge in [-0.1, -0.05) is 66.2 Å². The molecule has 192 valence electrons. The second kappa shape index (κ2) is 24.6. The molecule has 0 heterocycles. The molecule has 0 saturated heterocycles. The van der Waals surface area contributed by atoms with Crippen LogP contribution in [-0.2, 0) is 9.59 Å². The van der Waals surface area contributed by atoms with Crippen molar-refractivity contribution < 1.29 is 19.8 Å². The Balaban J connectivity index is 0. The zero-order valence-corrected chi connectivity index (χ0v) is 25.5. The van der Waals surface area contributed by atoms with Gasteiger partial charge in [-0.25, -0.2) is 0 Å². The first-order valence-corrected chi connectivity index (χ1v) is 17.6. The normalized spacial score (nSPS) is 11.6. The van der Waals surface area contributed by atoms with E-state index < -0.39 is 11.9 Å². The molecule has 4 nitrogen and oxygen atoms in total. The zero-order valence-electron chi connectivity index (χ0n) is 22.6. The third kappa shape index (κ3) is 24.4. The van der Waals surface area contributed by atoms with Crippen molar-refractivity contribution in [3.63, 3.8) is 0 Å². The van der Waals surface area contributed by atoms with Gasteiger partial charge in [0.15, 0.2) is 0 Å². The van der Waals surface area contributed by atoms with E-state index in [4.69, 9.17) is 0 Å². The van der Waals surface area contributed by atoms with Gasteiger partial charge in [-0.15, -0.1) is 0 Å². The Morgan fingerprint density at radius 3 is 1.24 bits per heavy atom. The predicted octanol–water partition coefficient (Wildman–Crippen LogP) is 6.12. The van der Waals surface area contributed by atoms with E-state index in [0.29, 0.717) is 24.7 Å². The van der Waals surface area contributed by atoms with Gasteiger partial charge in [-0.3, -0.25) is 0 Å². The maximum atomic E-state index is 11.3. The molecule has 0 amide bonds. The van der Waals surface area contributed by atoms with Crippen LogP contribution in [0.2, 0.25) is 8.87 Å². The zero-order chi connectivity index (χ0) is 25.5. The number of carbonyl (C=O) groups is 2. The monoisotopic (exact) mass is 572 g/mol. The molecule has 0 unspecified atom stereocenters. The molecule has 0 aromatic carbocycles. The first-order valence-electron chi connectivity index (χ1n) is 13.5. The molecule has 0 saturated carbocycles. The molecule has 0 aliphatic heterocycles. The van der Waals surface area contributed by atoms with Crippen LogP contribution < -0.4 is 10.2 Å². The van der Waals surface area contributed by atoms with Crippen LogP contribution in [-0.4, -0.2) is 33.1 Å². The van der Waals surface area contributed by atoms with Crippen LogP contribution in [0.15, 0.2) is 11.1 Å². The molecule has 0 fully saturated rings. The van der Waals surface area contributed by atoms with E-state index in [1.54, 1.807) is 8.87 Å². The van der Waals surface area contributed by atoms with Gasteiger partial charge in [-0.05, 0) is 48.7 Å². The number of hydrogen-bond donors (Lipinski definition) is 0.